The molecule has 0 bridgehead atoms. The van der Waals surface area contributed by atoms with Crippen LogP contribution in [0.25, 0.3) is 0 Å². The van der Waals surface area contributed by atoms with Gasteiger partial charge in [-0.3, -0.25) is 14.5 Å². The number of ether oxygens (including phenoxy) is 1. The summed E-state index contributed by atoms with van der Waals surface area (Å²) in [6.45, 7) is 0. The molecule has 2 amide bonds. The van der Waals surface area contributed by atoms with Gasteiger partial charge in [-0.05, 0) is 84.0 Å². The molecule has 0 unspecified atom stereocenters. The van der Waals surface area contributed by atoms with Crippen molar-refractivity contribution < 1.29 is 19.1 Å². The number of hydrogen-bond donors (Lipinski definition) is 1. The Hall–Kier alpha value is -2.39. The molecule has 2 aromatic rings. The van der Waals surface area contributed by atoms with Crippen LogP contribution in [-0.2, 0) is 9.59 Å². The van der Waals surface area contributed by atoms with Crippen molar-refractivity contribution in [3.63, 3.8) is 0 Å². The van der Waals surface area contributed by atoms with Gasteiger partial charge in [-0.2, -0.15) is 0 Å². The van der Waals surface area contributed by atoms with E-state index in [9.17, 15) is 14.4 Å². The summed E-state index contributed by atoms with van der Waals surface area (Å²) in [5.41, 5.74) is 0.985. The van der Waals surface area contributed by atoms with Crippen molar-refractivity contribution in [2.75, 3.05) is 5.32 Å². The number of carbonyl (C=O) groups is 3. The lowest BCUT2D eigenvalue weighted by Gasteiger charge is -2.29. The van der Waals surface area contributed by atoms with Gasteiger partial charge in [-0.15, -0.1) is 0 Å². The number of esters is 1. The predicted octanol–water partition coefficient (Wildman–Crippen LogP) is 5.07. The molecule has 1 heterocycles. The van der Waals surface area contributed by atoms with Crippen molar-refractivity contribution in [3.05, 3.63) is 68.4 Å². The first-order valence-corrected chi connectivity index (χ1v) is 11.5. The minimum atomic E-state index is -0.486. The van der Waals surface area contributed by atoms with Crippen molar-refractivity contribution >= 4 is 57.7 Å². The van der Waals surface area contributed by atoms with Crippen LogP contribution < -0.4 is 10.1 Å². The number of benzene rings is 2. The SMILES string of the molecule is O=C(Oc1ccc(I)cc1)c1ccc(NC2=C(Cl)C(=O)N(C3CCCCC3)C2=O)cc1. The normalized spacial score (nSPS) is 17.3. The molecule has 0 aromatic heterocycles. The number of hydrogen-bond acceptors (Lipinski definition) is 5. The summed E-state index contributed by atoms with van der Waals surface area (Å²) in [7, 11) is 0. The van der Waals surface area contributed by atoms with Crippen molar-refractivity contribution in [2.24, 2.45) is 0 Å². The maximum absolute atomic E-state index is 12.9. The summed E-state index contributed by atoms with van der Waals surface area (Å²) >= 11 is 8.38. The van der Waals surface area contributed by atoms with Crippen LogP contribution in [0, 0.1) is 3.57 Å². The minimum Gasteiger partial charge on any atom is -0.423 e. The maximum atomic E-state index is 12.9. The third-order valence-electron chi connectivity index (χ3n) is 5.41. The van der Waals surface area contributed by atoms with E-state index < -0.39 is 17.8 Å². The number of halogens is 2. The second-order valence-corrected chi connectivity index (χ2v) is 9.13. The van der Waals surface area contributed by atoms with Crippen LogP contribution in [0.4, 0.5) is 5.69 Å². The molecule has 1 aliphatic carbocycles. The van der Waals surface area contributed by atoms with Gasteiger partial charge in [0.1, 0.15) is 16.5 Å². The van der Waals surface area contributed by atoms with Gasteiger partial charge in [0.25, 0.3) is 11.8 Å². The van der Waals surface area contributed by atoms with E-state index in [-0.39, 0.29) is 16.8 Å². The molecule has 0 radical (unpaired) electrons. The Kier molecular flexibility index (Phi) is 6.62. The lowest BCUT2D eigenvalue weighted by molar-refractivity contribution is -0.140. The molecule has 0 saturated heterocycles. The molecule has 1 aliphatic heterocycles. The zero-order valence-corrected chi connectivity index (χ0v) is 19.5. The van der Waals surface area contributed by atoms with Gasteiger partial charge in [0.05, 0.1) is 5.56 Å². The lowest BCUT2D eigenvalue weighted by atomic mass is 9.94. The Bertz CT molecular complexity index is 1040. The number of imide groups is 1. The molecule has 0 atom stereocenters. The zero-order chi connectivity index (χ0) is 22.0. The van der Waals surface area contributed by atoms with Crippen LogP contribution in [0.2, 0.25) is 0 Å². The monoisotopic (exact) mass is 550 g/mol. The number of anilines is 1. The Balaban J connectivity index is 1.43. The summed E-state index contributed by atoms with van der Waals surface area (Å²) in [5.74, 6) is -0.870. The average Bonchev–Trinajstić information content (AvgIpc) is 2.99. The van der Waals surface area contributed by atoms with Crippen LogP contribution in [0.5, 0.6) is 5.75 Å². The summed E-state index contributed by atoms with van der Waals surface area (Å²) < 4.78 is 6.40. The van der Waals surface area contributed by atoms with E-state index in [1.165, 1.54) is 4.90 Å². The molecule has 1 fully saturated rings. The van der Waals surface area contributed by atoms with E-state index in [0.29, 0.717) is 17.0 Å². The van der Waals surface area contributed by atoms with Gasteiger partial charge >= 0.3 is 5.97 Å². The van der Waals surface area contributed by atoms with Crippen molar-refractivity contribution in [1.82, 2.24) is 4.90 Å². The number of rotatable bonds is 5. The largest absolute Gasteiger partial charge is 0.423 e. The second-order valence-electron chi connectivity index (χ2n) is 7.51. The fourth-order valence-electron chi connectivity index (χ4n) is 3.80. The Morgan fingerprint density at radius 3 is 2.26 bits per heavy atom. The number of amides is 2. The Morgan fingerprint density at radius 2 is 1.61 bits per heavy atom. The van der Waals surface area contributed by atoms with Crippen LogP contribution >= 0.6 is 34.2 Å². The topological polar surface area (TPSA) is 75.7 Å². The molecule has 2 aromatic carbocycles. The minimum absolute atomic E-state index is 0.0754. The third-order valence-corrected chi connectivity index (χ3v) is 6.48. The van der Waals surface area contributed by atoms with E-state index in [2.05, 4.69) is 27.9 Å². The standard InChI is InChI=1S/C23H20ClIN2O4/c24-19-20(22(29)27(21(19)28)17-4-2-1-3-5-17)26-16-10-6-14(7-11-16)23(30)31-18-12-8-15(25)9-13-18/h6-13,17,26H,1-5H2. The zero-order valence-electron chi connectivity index (χ0n) is 16.6. The van der Waals surface area contributed by atoms with Crippen LogP contribution in [0.3, 0.4) is 0 Å². The maximum Gasteiger partial charge on any atom is 0.343 e. The predicted molar refractivity (Wildman–Crippen MR) is 126 cm³/mol. The lowest BCUT2D eigenvalue weighted by Crippen LogP contribution is -2.42. The number of nitrogens with one attached hydrogen (secondary N) is 1. The summed E-state index contributed by atoms with van der Waals surface area (Å²) in [6.07, 6.45) is 4.75. The van der Waals surface area contributed by atoms with Gasteiger partial charge in [0, 0.05) is 15.3 Å². The molecule has 4 rings (SSSR count). The van der Waals surface area contributed by atoms with Gasteiger partial charge in [0.15, 0.2) is 0 Å². The van der Waals surface area contributed by atoms with E-state index in [4.69, 9.17) is 16.3 Å². The van der Waals surface area contributed by atoms with Gasteiger partial charge < -0.3 is 10.1 Å². The van der Waals surface area contributed by atoms with Crippen molar-refractivity contribution in [3.8, 4) is 5.75 Å². The fourth-order valence-corrected chi connectivity index (χ4v) is 4.38. The molecule has 2 aliphatic rings. The van der Waals surface area contributed by atoms with Crippen molar-refractivity contribution in [1.29, 1.82) is 0 Å². The van der Waals surface area contributed by atoms with E-state index in [0.717, 1.165) is 35.7 Å². The average molecular weight is 551 g/mol. The summed E-state index contributed by atoms with van der Waals surface area (Å²) in [6, 6.07) is 13.5. The molecule has 8 heteroatoms. The molecule has 6 nitrogen and oxygen atoms in total. The number of nitrogens with zero attached hydrogens (tertiary/aromatic N) is 1. The summed E-state index contributed by atoms with van der Waals surface area (Å²) in [5, 5.41) is 2.85. The molecule has 1 saturated carbocycles. The van der Waals surface area contributed by atoms with E-state index in [1.807, 2.05) is 12.1 Å². The molecular formula is C23H20ClIN2O4. The van der Waals surface area contributed by atoms with Gasteiger partial charge in [-0.1, -0.05) is 30.9 Å². The van der Waals surface area contributed by atoms with Crippen LogP contribution in [0.15, 0.2) is 59.3 Å². The fraction of sp³-hybridized carbons (Fsp3) is 0.261. The van der Waals surface area contributed by atoms with Gasteiger partial charge in [-0.25, -0.2) is 4.79 Å². The highest BCUT2D eigenvalue weighted by Gasteiger charge is 2.42. The smallest absolute Gasteiger partial charge is 0.343 e. The van der Waals surface area contributed by atoms with E-state index >= 15 is 0 Å². The van der Waals surface area contributed by atoms with Crippen molar-refractivity contribution in [2.45, 2.75) is 38.1 Å². The first kappa shape index (κ1) is 21.8. The third kappa shape index (κ3) is 4.77. The first-order chi connectivity index (χ1) is 14.9. The second kappa shape index (κ2) is 9.40. The quantitative estimate of drug-likeness (QED) is 0.243. The highest BCUT2D eigenvalue weighted by Crippen LogP contribution is 2.32. The van der Waals surface area contributed by atoms with E-state index in [1.54, 1.807) is 36.4 Å². The first-order valence-electron chi connectivity index (χ1n) is 10.1. The van der Waals surface area contributed by atoms with Crippen LogP contribution in [0.1, 0.15) is 42.5 Å². The molecule has 1 N–H and O–H groups in total. The Morgan fingerprint density at radius 1 is 0.968 bits per heavy atom. The highest BCUT2D eigenvalue weighted by molar-refractivity contribution is 14.1. The molecular weight excluding hydrogens is 531 g/mol. The Labute approximate surface area is 198 Å². The summed E-state index contributed by atoms with van der Waals surface area (Å²) in [4.78, 5) is 39.1. The van der Waals surface area contributed by atoms with Crippen LogP contribution in [-0.4, -0.2) is 28.7 Å². The van der Waals surface area contributed by atoms with Gasteiger partial charge in [0.2, 0.25) is 0 Å². The highest BCUT2D eigenvalue weighted by atomic mass is 127. The molecule has 31 heavy (non-hydrogen) atoms. The molecule has 0 spiro atoms. The molecule has 160 valence electrons. The number of carbonyl (C=O) groups excluding carboxylic acids is 3.